The Morgan fingerprint density at radius 2 is 1.89 bits per heavy atom. The second kappa shape index (κ2) is 5.30. The Kier molecular flexibility index (Phi) is 3.74. The van der Waals surface area contributed by atoms with Gasteiger partial charge >= 0.3 is 0 Å². The Morgan fingerprint density at radius 3 is 2.42 bits per heavy atom. The van der Waals surface area contributed by atoms with Crippen LogP contribution in [0.25, 0.3) is 0 Å². The van der Waals surface area contributed by atoms with Crippen LogP contribution in [-0.4, -0.2) is 43.4 Å². The molecule has 0 aliphatic carbocycles. The molecule has 1 aliphatic heterocycles. The van der Waals surface area contributed by atoms with Gasteiger partial charge in [0, 0.05) is 31.9 Å². The maximum Gasteiger partial charge on any atom is 0.254 e. The molecule has 0 aromatic heterocycles. The molecule has 0 bridgehead atoms. The first-order valence-electron chi connectivity index (χ1n) is 6.38. The Labute approximate surface area is 113 Å². The second-order valence-corrected chi connectivity index (χ2v) is 5.00. The molecule has 102 valence electrons. The van der Waals surface area contributed by atoms with Crippen molar-refractivity contribution in [1.29, 1.82) is 0 Å². The molecule has 1 aromatic carbocycles. The predicted molar refractivity (Wildman–Crippen MR) is 74.0 cm³/mol. The first-order chi connectivity index (χ1) is 9.00. The molecule has 1 aromatic rings. The molecule has 2 amide bonds. The Bertz CT molecular complexity index is 482. The molecule has 0 radical (unpaired) electrons. The normalized spacial score (nSPS) is 18.4. The lowest BCUT2D eigenvalue weighted by atomic mass is 10.1. The van der Waals surface area contributed by atoms with Crippen LogP contribution in [0.4, 0.5) is 5.69 Å². The first kappa shape index (κ1) is 13.4. The molecule has 1 aliphatic rings. The zero-order valence-corrected chi connectivity index (χ0v) is 11.3. The van der Waals surface area contributed by atoms with E-state index in [1.165, 1.54) is 0 Å². The minimum atomic E-state index is -0.457. The molecular formula is C14H19N3O2. The molecule has 2 N–H and O–H groups in total. The van der Waals surface area contributed by atoms with Crippen molar-refractivity contribution in [2.45, 2.75) is 18.9 Å². The van der Waals surface area contributed by atoms with E-state index >= 15 is 0 Å². The van der Waals surface area contributed by atoms with Gasteiger partial charge in [-0.15, -0.1) is 0 Å². The number of hydrogen-bond donors (Lipinski definition) is 1. The summed E-state index contributed by atoms with van der Waals surface area (Å²) in [6.45, 7) is 0.599. The van der Waals surface area contributed by atoms with Crippen LogP contribution in [0.15, 0.2) is 24.3 Å². The van der Waals surface area contributed by atoms with E-state index in [0.717, 1.165) is 12.1 Å². The van der Waals surface area contributed by atoms with Gasteiger partial charge < -0.3 is 15.5 Å². The zero-order valence-electron chi connectivity index (χ0n) is 11.3. The maximum absolute atomic E-state index is 12.3. The third-order valence-electron chi connectivity index (χ3n) is 3.47. The van der Waals surface area contributed by atoms with Gasteiger partial charge in [0.1, 0.15) is 6.04 Å². The van der Waals surface area contributed by atoms with Crippen LogP contribution in [0.2, 0.25) is 0 Å². The van der Waals surface area contributed by atoms with E-state index in [2.05, 4.69) is 0 Å². The molecule has 1 unspecified atom stereocenters. The summed E-state index contributed by atoms with van der Waals surface area (Å²) in [4.78, 5) is 27.2. The summed E-state index contributed by atoms with van der Waals surface area (Å²) in [5, 5.41) is 0. The monoisotopic (exact) mass is 261 g/mol. The van der Waals surface area contributed by atoms with Gasteiger partial charge in [0.05, 0.1) is 0 Å². The molecule has 2 rings (SSSR count). The minimum Gasteiger partial charge on any atom is -0.378 e. The van der Waals surface area contributed by atoms with Gasteiger partial charge in [0.2, 0.25) is 5.91 Å². The van der Waals surface area contributed by atoms with E-state index in [1.807, 2.05) is 31.1 Å². The highest BCUT2D eigenvalue weighted by molar-refractivity contribution is 5.97. The van der Waals surface area contributed by atoms with Gasteiger partial charge in [-0.25, -0.2) is 0 Å². The number of amides is 2. The second-order valence-electron chi connectivity index (χ2n) is 5.00. The molecule has 0 spiro atoms. The third kappa shape index (κ3) is 2.70. The van der Waals surface area contributed by atoms with Crippen molar-refractivity contribution in [2.75, 3.05) is 25.5 Å². The third-order valence-corrected chi connectivity index (χ3v) is 3.47. The van der Waals surface area contributed by atoms with E-state index < -0.39 is 11.9 Å². The molecule has 0 saturated carbocycles. The smallest absolute Gasteiger partial charge is 0.254 e. The average molecular weight is 261 g/mol. The summed E-state index contributed by atoms with van der Waals surface area (Å²) in [6, 6.07) is 6.90. The summed E-state index contributed by atoms with van der Waals surface area (Å²) < 4.78 is 0. The summed E-state index contributed by atoms with van der Waals surface area (Å²) in [5.74, 6) is -0.539. The van der Waals surface area contributed by atoms with E-state index in [4.69, 9.17) is 5.73 Å². The van der Waals surface area contributed by atoms with E-state index in [1.54, 1.807) is 17.0 Å². The molecule has 5 heteroatoms. The van der Waals surface area contributed by atoms with Crippen LogP contribution >= 0.6 is 0 Å². The van der Waals surface area contributed by atoms with Crippen LogP contribution in [0, 0.1) is 0 Å². The summed E-state index contributed by atoms with van der Waals surface area (Å²) in [5.41, 5.74) is 6.96. The quantitative estimate of drug-likeness (QED) is 0.877. The van der Waals surface area contributed by atoms with Crippen LogP contribution in [0.1, 0.15) is 23.2 Å². The Balaban J connectivity index is 2.17. The molecule has 1 heterocycles. The van der Waals surface area contributed by atoms with E-state index in [-0.39, 0.29) is 5.91 Å². The van der Waals surface area contributed by atoms with Gasteiger partial charge in [0.25, 0.3) is 5.91 Å². The van der Waals surface area contributed by atoms with Gasteiger partial charge in [0.15, 0.2) is 0 Å². The fourth-order valence-corrected chi connectivity index (χ4v) is 2.37. The zero-order chi connectivity index (χ0) is 14.0. The number of rotatable bonds is 3. The van der Waals surface area contributed by atoms with E-state index in [9.17, 15) is 9.59 Å². The van der Waals surface area contributed by atoms with Crippen molar-refractivity contribution in [3.05, 3.63) is 29.8 Å². The van der Waals surface area contributed by atoms with Crippen LogP contribution in [0.3, 0.4) is 0 Å². The van der Waals surface area contributed by atoms with Crippen molar-refractivity contribution in [1.82, 2.24) is 4.90 Å². The van der Waals surface area contributed by atoms with Gasteiger partial charge in [-0.2, -0.15) is 0 Å². The lowest BCUT2D eigenvalue weighted by Gasteiger charge is -2.22. The molecule has 1 atom stereocenters. The van der Waals surface area contributed by atoms with Crippen molar-refractivity contribution in [2.24, 2.45) is 5.73 Å². The number of nitrogens with zero attached hydrogens (tertiary/aromatic N) is 2. The van der Waals surface area contributed by atoms with Gasteiger partial charge in [-0.05, 0) is 37.1 Å². The van der Waals surface area contributed by atoms with Crippen LogP contribution < -0.4 is 10.6 Å². The molecule has 5 nitrogen and oxygen atoms in total. The maximum atomic E-state index is 12.3. The number of likely N-dealkylation sites (tertiary alicyclic amines) is 1. The summed E-state index contributed by atoms with van der Waals surface area (Å²) in [7, 11) is 3.89. The number of hydrogen-bond acceptors (Lipinski definition) is 3. The number of primary amides is 1. The Hall–Kier alpha value is -2.04. The highest BCUT2D eigenvalue weighted by Crippen LogP contribution is 2.21. The van der Waals surface area contributed by atoms with Crippen molar-refractivity contribution >= 4 is 17.5 Å². The first-order valence-corrected chi connectivity index (χ1v) is 6.38. The van der Waals surface area contributed by atoms with Crippen molar-refractivity contribution in [3.63, 3.8) is 0 Å². The number of benzene rings is 1. The predicted octanol–water partition coefficient (Wildman–Crippen LogP) is 0.842. The average Bonchev–Trinajstić information content (AvgIpc) is 2.87. The molecule has 1 saturated heterocycles. The summed E-state index contributed by atoms with van der Waals surface area (Å²) >= 11 is 0. The fraction of sp³-hybridized carbons (Fsp3) is 0.429. The van der Waals surface area contributed by atoms with Crippen molar-refractivity contribution in [3.8, 4) is 0 Å². The topological polar surface area (TPSA) is 66.6 Å². The number of nitrogens with two attached hydrogens (primary N) is 1. The fourth-order valence-electron chi connectivity index (χ4n) is 2.37. The molecular weight excluding hydrogens is 242 g/mol. The largest absolute Gasteiger partial charge is 0.378 e. The minimum absolute atomic E-state index is 0.119. The standard InChI is InChI=1S/C14H19N3O2/c1-16(2)11-7-5-10(6-8-11)14(19)17-9-3-4-12(17)13(15)18/h5-8,12H,3-4,9H2,1-2H3,(H2,15,18). The number of carbonyl (C=O) groups excluding carboxylic acids is 2. The lowest BCUT2D eigenvalue weighted by Crippen LogP contribution is -2.43. The lowest BCUT2D eigenvalue weighted by molar-refractivity contribution is -0.121. The van der Waals surface area contributed by atoms with Crippen LogP contribution in [0.5, 0.6) is 0 Å². The van der Waals surface area contributed by atoms with E-state index in [0.29, 0.717) is 18.5 Å². The van der Waals surface area contributed by atoms with Gasteiger partial charge in [-0.3, -0.25) is 9.59 Å². The SMILES string of the molecule is CN(C)c1ccc(C(=O)N2CCCC2C(N)=O)cc1. The number of anilines is 1. The van der Waals surface area contributed by atoms with Crippen LogP contribution in [-0.2, 0) is 4.79 Å². The Morgan fingerprint density at radius 1 is 1.26 bits per heavy atom. The van der Waals surface area contributed by atoms with Gasteiger partial charge in [-0.1, -0.05) is 0 Å². The highest BCUT2D eigenvalue weighted by atomic mass is 16.2. The van der Waals surface area contributed by atoms with Crippen molar-refractivity contribution < 1.29 is 9.59 Å². The summed E-state index contributed by atoms with van der Waals surface area (Å²) in [6.07, 6.45) is 1.49. The molecule has 19 heavy (non-hydrogen) atoms. The molecule has 1 fully saturated rings. The highest BCUT2D eigenvalue weighted by Gasteiger charge is 2.32. The number of carbonyl (C=O) groups is 2.